The Kier molecular flexibility index (Phi) is 4.52. The number of hydrogen-bond donors (Lipinski definition) is 1. The van der Waals surface area contributed by atoms with Crippen molar-refractivity contribution < 1.29 is 4.79 Å². The van der Waals surface area contributed by atoms with Gasteiger partial charge in [0.1, 0.15) is 0 Å². The summed E-state index contributed by atoms with van der Waals surface area (Å²) >= 11 is 0. The molecule has 0 aliphatic heterocycles. The number of hydrogen-bond acceptors (Lipinski definition) is 2. The number of carbonyl (C=O) groups excluding carboxylic acids is 1. The van der Waals surface area contributed by atoms with Crippen molar-refractivity contribution in [3.63, 3.8) is 0 Å². The molecule has 0 spiro atoms. The second-order valence-electron chi connectivity index (χ2n) is 5.63. The largest absolute Gasteiger partial charge is 0.323 e. The molecule has 23 heavy (non-hydrogen) atoms. The van der Waals surface area contributed by atoms with E-state index in [0.717, 1.165) is 11.3 Å². The highest BCUT2D eigenvalue weighted by Crippen LogP contribution is 2.10. The zero-order chi connectivity index (χ0) is 16.1. The molecule has 2 aromatic carbocycles. The van der Waals surface area contributed by atoms with E-state index >= 15 is 0 Å². The SMILES string of the molecule is Cc1cccc(Cn2cc(NC(=O)Cc3ccccc3)cn2)c1. The van der Waals surface area contributed by atoms with Crippen molar-refractivity contribution >= 4 is 11.6 Å². The fraction of sp³-hybridized carbons (Fsp3) is 0.158. The van der Waals surface area contributed by atoms with Crippen molar-refractivity contribution in [3.8, 4) is 0 Å². The summed E-state index contributed by atoms with van der Waals surface area (Å²) in [6, 6.07) is 18.0. The number of amides is 1. The Morgan fingerprint density at radius 3 is 2.65 bits per heavy atom. The van der Waals surface area contributed by atoms with E-state index in [0.29, 0.717) is 13.0 Å². The normalized spacial score (nSPS) is 10.5. The molecule has 0 saturated carbocycles. The van der Waals surface area contributed by atoms with Crippen LogP contribution in [-0.4, -0.2) is 15.7 Å². The standard InChI is InChI=1S/C19H19N3O/c1-15-6-5-9-17(10-15)13-22-14-18(12-20-22)21-19(23)11-16-7-3-2-4-8-16/h2-10,12,14H,11,13H2,1H3,(H,21,23). The molecule has 0 fully saturated rings. The summed E-state index contributed by atoms with van der Waals surface area (Å²) in [7, 11) is 0. The minimum atomic E-state index is -0.0358. The van der Waals surface area contributed by atoms with Gasteiger partial charge in [-0.2, -0.15) is 5.10 Å². The third-order valence-corrected chi connectivity index (χ3v) is 3.55. The van der Waals surface area contributed by atoms with Gasteiger partial charge in [0.25, 0.3) is 0 Å². The minimum Gasteiger partial charge on any atom is -0.323 e. The highest BCUT2D eigenvalue weighted by molar-refractivity contribution is 5.91. The van der Waals surface area contributed by atoms with Crippen LogP contribution in [0.3, 0.4) is 0 Å². The van der Waals surface area contributed by atoms with Gasteiger partial charge in [-0.25, -0.2) is 0 Å². The molecule has 0 unspecified atom stereocenters. The van der Waals surface area contributed by atoms with Crippen molar-refractivity contribution in [2.45, 2.75) is 19.9 Å². The van der Waals surface area contributed by atoms with Crippen molar-refractivity contribution in [3.05, 3.63) is 83.7 Å². The number of aryl methyl sites for hydroxylation is 1. The Labute approximate surface area is 135 Å². The van der Waals surface area contributed by atoms with E-state index in [1.54, 1.807) is 6.20 Å². The monoisotopic (exact) mass is 305 g/mol. The Bertz CT molecular complexity index is 793. The first-order chi connectivity index (χ1) is 11.2. The Hall–Kier alpha value is -2.88. The van der Waals surface area contributed by atoms with Crippen LogP contribution in [0.4, 0.5) is 5.69 Å². The number of aromatic nitrogens is 2. The van der Waals surface area contributed by atoms with Crippen LogP contribution in [-0.2, 0) is 17.8 Å². The van der Waals surface area contributed by atoms with Crippen LogP contribution < -0.4 is 5.32 Å². The first-order valence-electron chi connectivity index (χ1n) is 7.61. The predicted octanol–water partition coefficient (Wildman–Crippen LogP) is 3.42. The summed E-state index contributed by atoms with van der Waals surface area (Å²) in [6.45, 7) is 2.76. The molecule has 4 heteroatoms. The topological polar surface area (TPSA) is 46.9 Å². The highest BCUT2D eigenvalue weighted by atomic mass is 16.1. The number of carbonyl (C=O) groups is 1. The second kappa shape index (κ2) is 6.92. The van der Waals surface area contributed by atoms with E-state index < -0.39 is 0 Å². The van der Waals surface area contributed by atoms with Crippen molar-refractivity contribution in [2.24, 2.45) is 0 Å². The van der Waals surface area contributed by atoms with Crippen LogP contribution in [0, 0.1) is 6.92 Å². The third-order valence-electron chi connectivity index (χ3n) is 3.55. The fourth-order valence-electron chi connectivity index (χ4n) is 2.50. The molecule has 3 aromatic rings. The average molecular weight is 305 g/mol. The minimum absolute atomic E-state index is 0.0358. The van der Waals surface area contributed by atoms with Gasteiger partial charge in [0.2, 0.25) is 5.91 Å². The zero-order valence-corrected chi connectivity index (χ0v) is 13.1. The van der Waals surface area contributed by atoms with Crippen LogP contribution in [0.5, 0.6) is 0 Å². The average Bonchev–Trinajstić information content (AvgIpc) is 2.95. The van der Waals surface area contributed by atoms with Crippen LogP contribution in [0.2, 0.25) is 0 Å². The quantitative estimate of drug-likeness (QED) is 0.785. The van der Waals surface area contributed by atoms with Gasteiger partial charge in [-0.15, -0.1) is 0 Å². The van der Waals surface area contributed by atoms with E-state index in [1.807, 2.05) is 47.3 Å². The van der Waals surface area contributed by atoms with Crippen molar-refractivity contribution in [1.29, 1.82) is 0 Å². The van der Waals surface area contributed by atoms with E-state index in [2.05, 4.69) is 35.5 Å². The number of nitrogens with zero attached hydrogens (tertiary/aromatic N) is 2. The maximum absolute atomic E-state index is 12.0. The van der Waals surface area contributed by atoms with Gasteiger partial charge >= 0.3 is 0 Å². The predicted molar refractivity (Wildman–Crippen MR) is 91.3 cm³/mol. The van der Waals surface area contributed by atoms with E-state index in [-0.39, 0.29) is 5.91 Å². The van der Waals surface area contributed by atoms with Crippen molar-refractivity contribution in [1.82, 2.24) is 9.78 Å². The molecule has 116 valence electrons. The third kappa shape index (κ3) is 4.30. The first-order valence-corrected chi connectivity index (χ1v) is 7.61. The van der Waals surface area contributed by atoms with E-state index in [4.69, 9.17) is 0 Å². The summed E-state index contributed by atoms with van der Waals surface area (Å²) in [6.07, 6.45) is 3.90. The Morgan fingerprint density at radius 1 is 1.09 bits per heavy atom. The first kappa shape index (κ1) is 15.0. The molecular weight excluding hydrogens is 286 g/mol. The smallest absolute Gasteiger partial charge is 0.228 e. The lowest BCUT2D eigenvalue weighted by atomic mass is 10.1. The molecular formula is C19H19N3O. The summed E-state index contributed by atoms with van der Waals surface area (Å²) in [4.78, 5) is 12.0. The zero-order valence-electron chi connectivity index (χ0n) is 13.1. The molecule has 3 rings (SSSR count). The molecule has 1 aromatic heterocycles. The second-order valence-corrected chi connectivity index (χ2v) is 5.63. The van der Waals surface area contributed by atoms with Crippen molar-refractivity contribution in [2.75, 3.05) is 5.32 Å². The molecule has 1 N–H and O–H groups in total. The van der Waals surface area contributed by atoms with Crippen LogP contribution in [0.15, 0.2) is 67.0 Å². The lowest BCUT2D eigenvalue weighted by Gasteiger charge is -2.04. The molecule has 0 atom stereocenters. The van der Waals surface area contributed by atoms with Gasteiger partial charge in [-0.3, -0.25) is 9.48 Å². The lowest BCUT2D eigenvalue weighted by molar-refractivity contribution is -0.115. The maximum atomic E-state index is 12.0. The van der Waals surface area contributed by atoms with Gasteiger partial charge < -0.3 is 5.32 Å². The highest BCUT2D eigenvalue weighted by Gasteiger charge is 2.06. The van der Waals surface area contributed by atoms with Crippen LogP contribution >= 0.6 is 0 Å². The number of nitrogens with one attached hydrogen (secondary N) is 1. The lowest BCUT2D eigenvalue weighted by Crippen LogP contribution is -2.13. The van der Waals surface area contributed by atoms with E-state index in [1.165, 1.54) is 11.1 Å². The Balaban J connectivity index is 1.60. The number of benzene rings is 2. The summed E-state index contributed by atoms with van der Waals surface area (Å²) in [5.74, 6) is -0.0358. The van der Waals surface area contributed by atoms with E-state index in [9.17, 15) is 4.79 Å². The fourth-order valence-corrected chi connectivity index (χ4v) is 2.50. The molecule has 0 aliphatic carbocycles. The van der Waals surface area contributed by atoms with Gasteiger partial charge in [0.05, 0.1) is 24.8 Å². The van der Waals surface area contributed by atoms with Crippen LogP contribution in [0.1, 0.15) is 16.7 Å². The molecule has 0 radical (unpaired) electrons. The summed E-state index contributed by atoms with van der Waals surface area (Å²) in [5, 5.41) is 7.19. The molecule has 1 heterocycles. The Morgan fingerprint density at radius 2 is 1.87 bits per heavy atom. The molecule has 0 aliphatic rings. The number of anilines is 1. The summed E-state index contributed by atoms with van der Waals surface area (Å²) < 4.78 is 1.83. The molecule has 1 amide bonds. The summed E-state index contributed by atoms with van der Waals surface area (Å²) in [5.41, 5.74) is 4.14. The van der Waals surface area contributed by atoms with Gasteiger partial charge in [-0.05, 0) is 18.1 Å². The maximum Gasteiger partial charge on any atom is 0.228 e. The van der Waals surface area contributed by atoms with Gasteiger partial charge in [0, 0.05) is 6.20 Å². The molecule has 0 bridgehead atoms. The van der Waals surface area contributed by atoms with Crippen LogP contribution in [0.25, 0.3) is 0 Å². The molecule has 4 nitrogen and oxygen atoms in total. The van der Waals surface area contributed by atoms with Gasteiger partial charge in [0.15, 0.2) is 0 Å². The number of rotatable bonds is 5. The molecule has 0 saturated heterocycles. The van der Waals surface area contributed by atoms with Gasteiger partial charge in [-0.1, -0.05) is 60.2 Å².